The molecule has 25 heavy (non-hydrogen) atoms. The van der Waals surface area contributed by atoms with Gasteiger partial charge in [0.1, 0.15) is 17.7 Å². The monoisotopic (exact) mass is 337 g/mol. The van der Waals surface area contributed by atoms with Crippen LogP contribution >= 0.6 is 0 Å². The van der Waals surface area contributed by atoms with Crippen LogP contribution in [-0.4, -0.2) is 9.91 Å². The molecule has 1 aromatic heterocycles. The molecule has 0 amide bonds. The van der Waals surface area contributed by atoms with Gasteiger partial charge in [-0.25, -0.2) is 9.12 Å². The summed E-state index contributed by atoms with van der Waals surface area (Å²) in [6.45, 7) is 0. The number of hydrogen-bond donors (Lipinski definition) is 0. The lowest BCUT2D eigenvalue weighted by molar-refractivity contribution is -0.598. The summed E-state index contributed by atoms with van der Waals surface area (Å²) in [7, 11) is 0. The number of nitrogens with zero attached hydrogens (tertiary/aromatic N) is 3. The van der Waals surface area contributed by atoms with Gasteiger partial charge in [-0.1, -0.05) is 24.3 Å². The topological polar surface area (TPSA) is 83.0 Å². The van der Waals surface area contributed by atoms with Crippen molar-refractivity contribution in [3.05, 3.63) is 93.2 Å². The Morgan fingerprint density at radius 2 is 1.88 bits per heavy atom. The quantitative estimate of drug-likeness (QED) is 0.315. The molecule has 0 unspecified atom stereocenters. The zero-order chi connectivity index (χ0) is 17.8. The van der Waals surface area contributed by atoms with Crippen LogP contribution < -0.4 is 4.73 Å². The lowest BCUT2D eigenvalue weighted by atomic mass is 10.1. The molecule has 0 radical (unpaired) electrons. The van der Waals surface area contributed by atoms with E-state index < -0.39 is 10.7 Å². The molecule has 0 saturated carbocycles. The molecule has 7 heteroatoms. The van der Waals surface area contributed by atoms with E-state index in [-0.39, 0.29) is 17.2 Å². The molecular weight excluding hydrogens is 325 g/mol. The van der Waals surface area contributed by atoms with Crippen molar-refractivity contribution in [1.29, 1.82) is 0 Å². The fraction of sp³-hybridized carbons (Fsp3) is 0. The molecule has 6 nitrogen and oxygen atoms in total. The van der Waals surface area contributed by atoms with E-state index in [1.165, 1.54) is 48.7 Å². The first-order valence-electron chi connectivity index (χ1n) is 7.32. The van der Waals surface area contributed by atoms with E-state index in [0.717, 1.165) is 0 Å². The van der Waals surface area contributed by atoms with Gasteiger partial charge in [0.2, 0.25) is 0 Å². The van der Waals surface area contributed by atoms with Crippen molar-refractivity contribution >= 4 is 17.8 Å². The average molecular weight is 337 g/mol. The Bertz CT molecular complexity index is 973. The largest absolute Gasteiger partial charge is 0.710 e. The van der Waals surface area contributed by atoms with Crippen LogP contribution in [0.3, 0.4) is 0 Å². The highest BCUT2D eigenvalue weighted by atomic mass is 19.1. The third kappa shape index (κ3) is 3.50. The molecule has 3 rings (SSSR count). The van der Waals surface area contributed by atoms with E-state index in [4.69, 9.17) is 0 Å². The van der Waals surface area contributed by atoms with Crippen molar-refractivity contribution in [3.8, 4) is 11.4 Å². The third-order valence-electron chi connectivity index (χ3n) is 3.52. The summed E-state index contributed by atoms with van der Waals surface area (Å²) >= 11 is 0. The average Bonchev–Trinajstić information content (AvgIpc) is 2.62. The van der Waals surface area contributed by atoms with Gasteiger partial charge in [0.15, 0.2) is 0 Å². The Kier molecular flexibility index (Phi) is 4.47. The van der Waals surface area contributed by atoms with E-state index in [2.05, 4.69) is 4.98 Å². The van der Waals surface area contributed by atoms with Crippen molar-refractivity contribution < 1.29 is 14.0 Å². The predicted molar refractivity (Wildman–Crippen MR) is 90.6 cm³/mol. The number of rotatable bonds is 4. The van der Waals surface area contributed by atoms with Crippen LogP contribution in [0, 0.1) is 21.1 Å². The fourth-order valence-corrected chi connectivity index (χ4v) is 2.29. The maximum Gasteiger partial charge on any atom is 0.333 e. The minimum absolute atomic E-state index is 0.0272. The van der Waals surface area contributed by atoms with Gasteiger partial charge in [-0.05, 0) is 29.3 Å². The van der Waals surface area contributed by atoms with Crippen LogP contribution in [0.2, 0.25) is 0 Å². The molecule has 124 valence electrons. The Balaban J connectivity index is 1.99. The second kappa shape index (κ2) is 6.88. The highest BCUT2D eigenvalue weighted by molar-refractivity contribution is 5.67. The molecular formula is C18H12FN3O3. The summed E-state index contributed by atoms with van der Waals surface area (Å²) in [4.78, 5) is 14.3. The Morgan fingerprint density at radius 3 is 2.64 bits per heavy atom. The smallest absolute Gasteiger partial charge is 0.333 e. The predicted octanol–water partition coefficient (Wildman–Crippen LogP) is 3.60. The molecule has 1 heterocycles. The highest BCUT2D eigenvalue weighted by Gasteiger charge is 2.16. The van der Waals surface area contributed by atoms with Crippen molar-refractivity contribution in [2.75, 3.05) is 0 Å². The molecule has 0 saturated heterocycles. The van der Waals surface area contributed by atoms with Crippen LogP contribution in [0.5, 0.6) is 0 Å². The second-order valence-electron chi connectivity index (χ2n) is 5.15. The molecule has 0 N–H and O–H groups in total. The maximum absolute atomic E-state index is 13.6. The van der Waals surface area contributed by atoms with E-state index in [0.29, 0.717) is 15.9 Å². The van der Waals surface area contributed by atoms with Crippen LogP contribution in [0.15, 0.2) is 60.8 Å². The molecule has 0 atom stereocenters. The van der Waals surface area contributed by atoms with Gasteiger partial charge in [0.05, 0.1) is 10.5 Å². The zero-order valence-corrected chi connectivity index (χ0v) is 12.9. The van der Waals surface area contributed by atoms with Gasteiger partial charge in [0, 0.05) is 23.8 Å². The van der Waals surface area contributed by atoms with Crippen molar-refractivity contribution in [3.63, 3.8) is 0 Å². The van der Waals surface area contributed by atoms with Gasteiger partial charge in [0.25, 0.3) is 5.69 Å². The second-order valence-corrected chi connectivity index (χ2v) is 5.15. The SMILES string of the molecule is O=[N+]([O-])c1cccc(-c2nccc(/C=C/c3ccccc3F)[n+]2[O-])c1. The fourth-order valence-electron chi connectivity index (χ4n) is 2.29. The van der Waals surface area contributed by atoms with Crippen LogP contribution in [0.1, 0.15) is 11.3 Å². The Hall–Kier alpha value is -3.61. The standard InChI is InChI=1S/C18H12FN3O3/c19-17-7-2-1-4-13(17)8-9-15-10-11-20-18(21(15)23)14-5-3-6-16(12-14)22(24)25/h1-12H/b9-8+. The first-order chi connectivity index (χ1) is 12.1. The molecule has 0 aliphatic heterocycles. The van der Waals surface area contributed by atoms with Crippen molar-refractivity contribution in [2.24, 2.45) is 0 Å². The number of benzene rings is 2. The number of halogens is 1. The Morgan fingerprint density at radius 1 is 1.08 bits per heavy atom. The summed E-state index contributed by atoms with van der Waals surface area (Å²) in [5, 5.41) is 23.4. The lowest BCUT2D eigenvalue weighted by Gasteiger charge is -2.09. The van der Waals surface area contributed by atoms with Gasteiger partial charge in [-0.15, -0.1) is 0 Å². The summed E-state index contributed by atoms with van der Waals surface area (Å²) in [5.74, 6) is -0.372. The normalized spacial score (nSPS) is 10.9. The van der Waals surface area contributed by atoms with Gasteiger partial charge in [-0.2, -0.15) is 0 Å². The molecule has 0 bridgehead atoms. The number of aromatic nitrogens is 2. The summed E-state index contributed by atoms with van der Waals surface area (Å²) < 4.78 is 14.2. The molecule has 0 spiro atoms. The van der Waals surface area contributed by atoms with Crippen molar-refractivity contribution in [1.82, 2.24) is 4.98 Å². The molecule has 0 aliphatic carbocycles. The minimum Gasteiger partial charge on any atom is -0.710 e. The van der Waals surface area contributed by atoms with Gasteiger partial charge >= 0.3 is 5.82 Å². The first kappa shape index (κ1) is 16.3. The molecule has 3 aromatic rings. The number of nitro benzene ring substituents is 1. The minimum atomic E-state index is -0.541. The van der Waals surface area contributed by atoms with Gasteiger partial charge < -0.3 is 5.21 Å². The van der Waals surface area contributed by atoms with Crippen LogP contribution in [-0.2, 0) is 0 Å². The summed E-state index contributed by atoms with van der Waals surface area (Å²) in [6, 6.07) is 13.3. The third-order valence-corrected chi connectivity index (χ3v) is 3.52. The summed E-state index contributed by atoms with van der Waals surface area (Å²) in [6.07, 6.45) is 4.37. The highest BCUT2D eigenvalue weighted by Crippen LogP contribution is 2.20. The first-order valence-corrected chi connectivity index (χ1v) is 7.32. The Labute approximate surface area is 142 Å². The van der Waals surface area contributed by atoms with E-state index in [1.807, 2.05) is 0 Å². The van der Waals surface area contributed by atoms with Gasteiger partial charge in [-0.3, -0.25) is 10.1 Å². The van der Waals surface area contributed by atoms with E-state index >= 15 is 0 Å². The van der Waals surface area contributed by atoms with Crippen LogP contribution in [0.4, 0.5) is 10.1 Å². The zero-order valence-electron chi connectivity index (χ0n) is 12.9. The number of hydrogen-bond acceptors (Lipinski definition) is 4. The molecule has 2 aromatic carbocycles. The van der Waals surface area contributed by atoms with E-state index in [1.54, 1.807) is 24.3 Å². The number of non-ortho nitro benzene ring substituents is 1. The van der Waals surface area contributed by atoms with E-state index in [9.17, 15) is 19.7 Å². The number of nitro groups is 1. The van der Waals surface area contributed by atoms with Crippen molar-refractivity contribution in [2.45, 2.75) is 0 Å². The molecule has 0 fully saturated rings. The maximum atomic E-state index is 13.6. The lowest BCUT2D eigenvalue weighted by Crippen LogP contribution is -2.33. The molecule has 0 aliphatic rings. The summed E-state index contributed by atoms with van der Waals surface area (Å²) in [5.41, 5.74) is 0.771. The van der Waals surface area contributed by atoms with Crippen LogP contribution in [0.25, 0.3) is 23.5 Å².